The number of carbonyl (C=O) groups is 2. The van der Waals surface area contributed by atoms with Gasteiger partial charge < -0.3 is 10.2 Å². The molecular weight excluding hydrogens is 594 g/mol. The fourth-order valence-electron chi connectivity index (χ4n) is 4.98. The predicted octanol–water partition coefficient (Wildman–Crippen LogP) is 6.32. The van der Waals surface area contributed by atoms with Gasteiger partial charge in [-0.3, -0.25) is 13.9 Å². The molecule has 2 amide bonds. The fraction of sp³-hybridized carbons (Fsp3) is 0.257. The molecule has 230 valence electrons. The average molecular weight is 632 g/mol. The van der Waals surface area contributed by atoms with E-state index >= 15 is 0 Å². The second-order valence-electron chi connectivity index (χ2n) is 10.7. The molecule has 0 heterocycles. The van der Waals surface area contributed by atoms with Crippen molar-refractivity contribution in [1.82, 2.24) is 10.2 Å². The molecule has 0 bridgehead atoms. The van der Waals surface area contributed by atoms with E-state index in [0.717, 1.165) is 27.4 Å². The van der Waals surface area contributed by atoms with Crippen LogP contribution < -0.4 is 9.62 Å². The van der Waals surface area contributed by atoms with E-state index in [1.807, 2.05) is 68.4 Å². The molecule has 9 heteroatoms. The molecule has 1 N–H and O–H groups in total. The van der Waals surface area contributed by atoms with Gasteiger partial charge in [-0.15, -0.1) is 0 Å². The molecule has 4 aromatic carbocycles. The molecule has 0 radical (unpaired) electrons. The number of nitrogens with one attached hydrogen (secondary N) is 1. The molecule has 0 aliphatic carbocycles. The molecular formula is C35H38ClN3O4S. The topological polar surface area (TPSA) is 86.8 Å². The van der Waals surface area contributed by atoms with E-state index in [0.29, 0.717) is 22.8 Å². The standard InChI is InChI=1S/C35H38ClN3O4S/c1-4-21-37-35(41)33(22-28-14-7-5-8-15-28)38(24-29-16-12-11-13-26(29)2)34(40)25-39(32-23-30(36)20-19-27(32)3)44(42,43)31-17-9-6-10-18-31/h5-20,23,33H,4,21-22,24-25H2,1-3H3,(H,37,41)/t33-/m1/s1. The summed E-state index contributed by atoms with van der Waals surface area (Å²) in [6.45, 7) is 5.72. The van der Waals surface area contributed by atoms with Crippen molar-refractivity contribution in [3.63, 3.8) is 0 Å². The van der Waals surface area contributed by atoms with E-state index in [-0.39, 0.29) is 23.8 Å². The summed E-state index contributed by atoms with van der Waals surface area (Å²) in [5, 5.41) is 3.30. The smallest absolute Gasteiger partial charge is 0.264 e. The van der Waals surface area contributed by atoms with Crippen LogP contribution in [0.5, 0.6) is 0 Å². The lowest BCUT2D eigenvalue weighted by Gasteiger charge is -2.34. The summed E-state index contributed by atoms with van der Waals surface area (Å²) in [6.07, 6.45) is 0.988. The van der Waals surface area contributed by atoms with Gasteiger partial charge in [0.2, 0.25) is 11.8 Å². The summed E-state index contributed by atoms with van der Waals surface area (Å²) < 4.78 is 29.4. The Labute approximate surface area is 265 Å². The quantitative estimate of drug-likeness (QED) is 0.187. The zero-order chi connectivity index (χ0) is 31.7. The summed E-state index contributed by atoms with van der Waals surface area (Å²) in [5.41, 5.74) is 3.62. The Morgan fingerprint density at radius 2 is 1.48 bits per heavy atom. The van der Waals surface area contributed by atoms with Gasteiger partial charge >= 0.3 is 0 Å². The van der Waals surface area contributed by atoms with Crippen LogP contribution >= 0.6 is 11.6 Å². The van der Waals surface area contributed by atoms with E-state index in [1.165, 1.54) is 17.0 Å². The Morgan fingerprint density at radius 1 is 0.841 bits per heavy atom. The van der Waals surface area contributed by atoms with Crippen molar-refractivity contribution in [2.45, 2.75) is 51.1 Å². The normalized spacial score (nSPS) is 11.9. The first-order chi connectivity index (χ1) is 21.1. The number of rotatable bonds is 13. The zero-order valence-electron chi connectivity index (χ0n) is 25.2. The lowest BCUT2D eigenvalue weighted by atomic mass is 10.0. The predicted molar refractivity (Wildman–Crippen MR) is 176 cm³/mol. The Morgan fingerprint density at radius 3 is 2.14 bits per heavy atom. The van der Waals surface area contributed by atoms with Crippen molar-refractivity contribution in [2.75, 3.05) is 17.4 Å². The van der Waals surface area contributed by atoms with Crippen LogP contribution in [0.2, 0.25) is 5.02 Å². The molecule has 4 aromatic rings. The molecule has 1 atom stereocenters. The Bertz CT molecular complexity index is 1680. The van der Waals surface area contributed by atoms with Gasteiger partial charge in [0.1, 0.15) is 12.6 Å². The van der Waals surface area contributed by atoms with Crippen molar-refractivity contribution in [3.8, 4) is 0 Å². The molecule has 0 unspecified atom stereocenters. The number of anilines is 1. The Balaban J connectivity index is 1.83. The Kier molecular flexibility index (Phi) is 11.2. The summed E-state index contributed by atoms with van der Waals surface area (Å²) >= 11 is 6.34. The molecule has 0 spiro atoms. The maximum absolute atomic E-state index is 14.5. The Hall–Kier alpha value is -4.14. The summed E-state index contributed by atoms with van der Waals surface area (Å²) in [5.74, 6) is -0.811. The minimum Gasteiger partial charge on any atom is -0.354 e. The second kappa shape index (κ2) is 15.0. The molecule has 0 aliphatic heterocycles. The summed E-state index contributed by atoms with van der Waals surface area (Å²) in [7, 11) is -4.20. The summed E-state index contributed by atoms with van der Waals surface area (Å²) in [6, 6.07) is 29.2. The summed E-state index contributed by atoms with van der Waals surface area (Å²) in [4.78, 5) is 29.8. The lowest BCUT2D eigenvalue weighted by molar-refractivity contribution is -0.140. The highest BCUT2D eigenvalue weighted by molar-refractivity contribution is 7.92. The van der Waals surface area contributed by atoms with Crippen LogP contribution in [0.4, 0.5) is 5.69 Å². The van der Waals surface area contributed by atoms with E-state index < -0.39 is 28.5 Å². The van der Waals surface area contributed by atoms with Gasteiger partial charge in [-0.2, -0.15) is 0 Å². The van der Waals surface area contributed by atoms with Crippen LogP contribution in [-0.2, 0) is 32.6 Å². The van der Waals surface area contributed by atoms with Gasteiger partial charge in [0.25, 0.3) is 10.0 Å². The number of aryl methyl sites for hydroxylation is 2. The van der Waals surface area contributed by atoms with E-state index in [2.05, 4.69) is 5.32 Å². The van der Waals surface area contributed by atoms with Crippen LogP contribution in [0.15, 0.2) is 108 Å². The highest BCUT2D eigenvalue weighted by Gasteiger charge is 2.35. The number of halogens is 1. The number of nitrogens with zero attached hydrogens (tertiary/aromatic N) is 2. The second-order valence-corrected chi connectivity index (χ2v) is 13.0. The third-order valence-electron chi connectivity index (χ3n) is 7.47. The number of hydrogen-bond donors (Lipinski definition) is 1. The number of sulfonamides is 1. The molecule has 0 saturated carbocycles. The van der Waals surface area contributed by atoms with Crippen LogP contribution in [0.3, 0.4) is 0 Å². The first-order valence-electron chi connectivity index (χ1n) is 14.6. The van der Waals surface area contributed by atoms with Crippen molar-refractivity contribution >= 4 is 39.1 Å². The zero-order valence-corrected chi connectivity index (χ0v) is 26.8. The number of amides is 2. The minimum absolute atomic E-state index is 0.0409. The maximum Gasteiger partial charge on any atom is 0.264 e. The molecule has 44 heavy (non-hydrogen) atoms. The first kappa shape index (κ1) is 32.8. The SMILES string of the molecule is CCCNC(=O)[C@@H](Cc1ccccc1)N(Cc1ccccc1C)C(=O)CN(c1cc(Cl)ccc1C)S(=O)(=O)c1ccccc1. The lowest BCUT2D eigenvalue weighted by Crippen LogP contribution is -2.53. The highest BCUT2D eigenvalue weighted by atomic mass is 35.5. The van der Waals surface area contributed by atoms with E-state index in [1.54, 1.807) is 43.3 Å². The van der Waals surface area contributed by atoms with Crippen molar-refractivity contribution in [2.24, 2.45) is 0 Å². The van der Waals surface area contributed by atoms with Gasteiger partial charge in [0.05, 0.1) is 10.6 Å². The van der Waals surface area contributed by atoms with Gasteiger partial charge in [-0.05, 0) is 66.8 Å². The number of benzene rings is 4. The van der Waals surface area contributed by atoms with Crippen LogP contribution in [-0.4, -0.2) is 44.3 Å². The molecule has 0 aromatic heterocycles. The fourth-order valence-corrected chi connectivity index (χ4v) is 6.63. The van der Waals surface area contributed by atoms with E-state index in [9.17, 15) is 18.0 Å². The van der Waals surface area contributed by atoms with Crippen LogP contribution in [0, 0.1) is 13.8 Å². The van der Waals surface area contributed by atoms with Gasteiger partial charge in [-0.25, -0.2) is 8.42 Å². The maximum atomic E-state index is 14.5. The average Bonchev–Trinajstić information content (AvgIpc) is 3.03. The van der Waals surface area contributed by atoms with Crippen molar-refractivity contribution in [1.29, 1.82) is 0 Å². The molecule has 4 rings (SSSR count). The molecule has 0 saturated heterocycles. The number of carbonyl (C=O) groups excluding carboxylic acids is 2. The third-order valence-corrected chi connectivity index (χ3v) is 9.48. The van der Waals surface area contributed by atoms with Crippen molar-refractivity contribution in [3.05, 3.63) is 130 Å². The first-order valence-corrected chi connectivity index (χ1v) is 16.4. The van der Waals surface area contributed by atoms with Crippen LogP contribution in [0.25, 0.3) is 0 Å². The highest BCUT2D eigenvalue weighted by Crippen LogP contribution is 2.30. The molecule has 7 nitrogen and oxygen atoms in total. The molecule has 0 aliphatic rings. The van der Waals surface area contributed by atoms with Gasteiger partial charge in [0.15, 0.2) is 0 Å². The van der Waals surface area contributed by atoms with Gasteiger partial charge in [-0.1, -0.05) is 97.4 Å². The van der Waals surface area contributed by atoms with Crippen LogP contribution in [0.1, 0.15) is 35.6 Å². The van der Waals surface area contributed by atoms with Crippen molar-refractivity contribution < 1.29 is 18.0 Å². The van der Waals surface area contributed by atoms with Gasteiger partial charge in [0, 0.05) is 24.5 Å². The minimum atomic E-state index is -4.20. The monoisotopic (exact) mass is 631 g/mol. The largest absolute Gasteiger partial charge is 0.354 e. The third kappa shape index (κ3) is 8.07. The molecule has 0 fully saturated rings. The van der Waals surface area contributed by atoms with E-state index in [4.69, 9.17) is 11.6 Å². The number of hydrogen-bond acceptors (Lipinski definition) is 4.